The van der Waals surface area contributed by atoms with Gasteiger partial charge in [0, 0.05) is 41.8 Å². The summed E-state index contributed by atoms with van der Waals surface area (Å²) in [6, 6.07) is 15.7. The van der Waals surface area contributed by atoms with E-state index >= 15 is 0 Å². The predicted octanol–water partition coefficient (Wildman–Crippen LogP) is 5.47. The van der Waals surface area contributed by atoms with Crippen molar-refractivity contribution in [1.29, 1.82) is 0 Å². The molecule has 1 amide bonds. The van der Waals surface area contributed by atoms with Gasteiger partial charge in [0.2, 0.25) is 5.88 Å². The van der Waals surface area contributed by atoms with Crippen LogP contribution < -0.4 is 4.90 Å². The summed E-state index contributed by atoms with van der Waals surface area (Å²) < 4.78 is 19.7. The average Bonchev–Trinajstić information content (AvgIpc) is 3.26. The van der Waals surface area contributed by atoms with Crippen molar-refractivity contribution < 1.29 is 13.7 Å². The smallest absolute Gasteiger partial charge is 0.254 e. The van der Waals surface area contributed by atoms with Gasteiger partial charge in [-0.15, -0.1) is 0 Å². The molecule has 1 aliphatic rings. The Morgan fingerprint density at radius 3 is 2.62 bits per heavy atom. The van der Waals surface area contributed by atoms with Crippen molar-refractivity contribution in [3.05, 3.63) is 71.5 Å². The number of anilines is 1. The van der Waals surface area contributed by atoms with Crippen molar-refractivity contribution in [2.24, 2.45) is 0 Å². The van der Waals surface area contributed by atoms with Crippen LogP contribution in [0, 0.1) is 5.82 Å². The Balaban J connectivity index is 1.75. The second kappa shape index (κ2) is 10.2. The molecule has 1 atom stereocenters. The molecule has 32 heavy (non-hydrogen) atoms. The molecule has 0 aliphatic carbocycles. The molecule has 1 fully saturated rings. The van der Waals surface area contributed by atoms with Crippen LogP contribution in [0.15, 0.2) is 59.1 Å². The van der Waals surface area contributed by atoms with Gasteiger partial charge in [0.1, 0.15) is 11.5 Å². The van der Waals surface area contributed by atoms with E-state index in [9.17, 15) is 9.18 Å². The van der Waals surface area contributed by atoms with Crippen LogP contribution in [0.1, 0.15) is 36.2 Å². The van der Waals surface area contributed by atoms with Crippen LogP contribution >= 0.6 is 11.8 Å². The second-order valence-corrected chi connectivity index (χ2v) is 9.21. The Bertz CT molecular complexity index is 1050. The molecular formula is C25H28FN3O2S. The molecule has 0 bridgehead atoms. The lowest BCUT2D eigenvalue weighted by Crippen LogP contribution is -2.39. The predicted molar refractivity (Wildman–Crippen MR) is 128 cm³/mol. The quantitative estimate of drug-likeness (QED) is 0.474. The summed E-state index contributed by atoms with van der Waals surface area (Å²) in [5.74, 6) is 2.17. The van der Waals surface area contributed by atoms with Gasteiger partial charge >= 0.3 is 0 Å². The maximum atomic E-state index is 13.8. The third-order valence-corrected chi connectivity index (χ3v) is 6.84. The highest BCUT2D eigenvalue weighted by Gasteiger charge is 2.29. The molecule has 5 nitrogen and oxygen atoms in total. The zero-order chi connectivity index (χ0) is 22.5. The van der Waals surface area contributed by atoms with Crippen LogP contribution in [0.3, 0.4) is 0 Å². The van der Waals surface area contributed by atoms with Gasteiger partial charge in [0.25, 0.3) is 5.91 Å². The number of carbonyl (C=O) groups is 1. The average molecular weight is 454 g/mol. The molecule has 3 aromatic rings. The SMILES string of the molecule is CC[C@@H](C)N(Cc1c(-c2ccccc2)noc1N1CCSCC1)C(=O)c1cccc(F)c1. The van der Waals surface area contributed by atoms with Crippen molar-refractivity contribution in [2.45, 2.75) is 32.9 Å². The summed E-state index contributed by atoms with van der Waals surface area (Å²) >= 11 is 1.92. The maximum absolute atomic E-state index is 13.8. The minimum absolute atomic E-state index is 0.0333. The summed E-state index contributed by atoms with van der Waals surface area (Å²) in [5, 5.41) is 4.42. The van der Waals surface area contributed by atoms with E-state index in [1.165, 1.54) is 12.1 Å². The van der Waals surface area contributed by atoms with Crippen LogP contribution in [-0.2, 0) is 6.54 Å². The van der Waals surface area contributed by atoms with Crippen molar-refractivity contribution in [2.75, 3.05) is 29.5 Å². The van der Waals surface area contributed by atoms with E-state index in [4.69, 9.17) is 4.52 Å². The highest BCUT2D eigenvalue weighted by molar-refractivity contribution is 7.99. The Kier molecular flexibility index (Phi) is 7.15. The van der Waals surface area contributed by atoms with Crippen LogP contribution in [0.2, 0.25) is 0 Å². The van der Waals surface area contributed by atoms with Gasteiger partial charge in [-0.3, -0.25) is 4.79 Å². The van der Waals surface area contributed by atoms with E-state index in [0.717, 1.165) is 53.7 Å². The standard InChI is InChI=1S/C25H28FN3O2S/c1-3-18(2)29(24(30)20-10-7-11-21(26)16-20)17-22-23(19-8-5-4-6-9-19)27-31-25(22)28-12-14-32-15-13-28/h4-11,16,18H,3,12-15,17H2,1-2H3/t18-/m1/s1. The Morgan fingerprint density at radius 2 is 1.94 bits per heavy atom. The Hall–Kier alpha value is -2.80. The molecule has 2 aromatic carbocycles. The number of hydrogen-bond acceptors (Lipinski definition) is 5. The summed E-state index contributed by atoms with van der Waals surface area (Å²) in [6.07, 6.45) is 0.780. The number of hydrogen-bond donors (Lipinski definition) is 0. The molecule has 0 saturated carbocycles. The molecule has 1 saturated heterocycles. The Labute approximate surface area is 192 Å². The van der Waals surface area contributed by atoms with Crippen LogP contribution in [0.25, 0.3) is 11.3 Å². The minimum Gasteiger partial charge on any atom is -0.339 e. The number of carbonyl (C=O) groups excluding carboxylic acids is 1. The first-order valence-corrected chi connectivity index (χ1v) is 12.2. The monoisotopic (exact) mass is 453 g/mol. The molecule has 4 rings (SSSR count). The topological polar surface area (TPSA) is 49.6 Å². The third kappa shape index (κ3) is 4.83. The van der Waals surface area contributed by atoms with E-state index in [-0.39, 0.29) is 11.9 Å². The highest BCUT2D eigenvalue weighted by Crippen LogP contribution is 2.34. The summed E-state index contributed by atoms with van der Waals surface area (Å²) in [7, 11) is 0. The van der Waals surface area contributed by atoms with Gasteiger partial charge in [-0.05, 0) is 31.5 Å². The van der Waals surface area contributed by atoms with Crippen molar-refractivity contribution >= 4 is 23.6 Å². The lowest BCUT2D eigenvalue weighted by atomic mass is 10.0. The van der Waals surface area contributed by atoms with Gasteiger partial charge in [-0.2, -0.15) is 11.8 Å². The van der Waals surface area contributed by atoms with Gasteiger partial charge in [0.15, 0.2) is 0 Å². The fraction of sp³-hybridized carbons (Fsp3) is 0.360. The molecule has 168 valence electrons. The van der Waals surface area contributed by atoms with Gasteiger partial charge in [-0.1, -0.05) is 48.5 Å². The molecule has 0 radical (unpaired) electrons. The normalized spacial score (nSPS) is 14.9. The summed E-state index contributed by atoms with van der Waals surface area (Å²) in [5.41, 5.74) is 2.94. The van der Waals surface area contributed by atoms with Gasteiger partial charge in [-0.25, -0.2) is 4.39 Å². The second-order valence-electron chi connectivity index (χ2n) is 7.98. The zero-order valence-corrected chi connectivity index (χ0v) is 19.3. The van der Waals surface area contributed by atoms with Crippen LogP contribution in [0.4, 0.5) is 10.3 Å². The first-order chi connectivity index (χ1) is 15.6. The maximum Gasteiger partial charge on any atom is 0.254 e. The third-order valence-electron chi connectivity index (χ3n) is 5.90. The minimum atomic E-state index is -0.415. The van der Waals surface area contributed by atoms with E-state index in [0.29, 0.717) is 12.1 Å². The number of rotatable bonds is 7. The number of thioether (sulfide) groups is 1. The fourth-order valence-corrected chi connectivity index (χ4v) is 4.79. The van der Waals surface area contributed by atoms with Crippen molar-refractivity contribution in [3.63, 3.8) is 0 Å². The largest absolute Gasteiger partial charge is 0.339 e. The number of halogens is 1. The summed E-state index contributed by atoms with van der Waals surface area (Å²) in [6.45, 7) is 6.16. The zero-order valence-electron chi connectivity index (χ0n) is 18.5. The molecule has 1 aromatic heterocycles. The molecule has 7 heteroatoms. The summed E-state index contributed by atoms with van der Waals surface area (Å²) in [4.78, 5) is 17.5. The molecule has 0 unspecified atom stereocenters. The van der Waals surface area contributed by atoms with E-state index in [2.05, 4.69) is 10.1 Å². The Morgan fingerprint density at radius 1 is 1.19 bits per heavy atom. The molecule has 1 aliphatic heterocycles. The van der Waals surface area contributed by atoms with E-state index in [1.54, 1.807) is 17.0 Å². The van der Waals surface area contributed by atoms with E-state index < -0.39 is 5.82 Å². The first-order valence-electron chi connectivity index (χ1n) is 11.0. The van der Waals surface area contributed by atoms with E-state index in [1.807, 2.05) is 55.9 Å². The number of nitrogens with zero attached hydrogens (tertiary/aromatic N) is 3. The highest BCUT2D eigenvalue weighted by atomic mass is 32.2. The fourth-order valence-electron chi connectivity index (χ4n) is 3.89. The van der Waals surface area contributed by atoms with Crippen molar-refractivity contribution in [3.8, 4) is 11.3 Å². The van der Waals surface area contributed by atoms with Crippen LogP contribution in [-0.4, -0.2) is 46.6 Å². The first kappa shape index (κ1) is 22.4. The number of amides is 1. The molecule has 2 heterocycles. The number of aromatic nitrogens is 1. The molecule has 0 spiro atoms. The molecular weight excluding hydrogens is 425 g/mol. The lowest BCUT2D eigenvalue weighted by molar-refractivity contribution is 0.0671. The number of benzene rings is 2. The van der Waals surface area contributed by atoms with Crippen molar-refractivity contribution in [1.82, 2.24) is 10.1 Å². The van der Waals surface area contributed by atoms with Crippen LogP contribution in [0.5, 0.6) is 0 Å². The van der Waals surface area contributed by atoms with Gasteiger partial charge < -0.3 is 14.3 Å². The lowest BCUT2D eigenvalue weighted by Gasteiger charge is -2.31. The van der Waals surface area contributed by atoms with Gasteiger partial charge in [0.05, 0.1) is 12.1 Å². The molecule has 0 N–H and O–H groups in total.